The molecular formula is C24H29FN4. The summed E-state index contributed by atoms with van der Waals surface area (Å²) in [6, 6.07) is 6.12. The molecule has 2 heterocycles. The normalized spacial score (nSPS) is 22.0. The van der Waals surface area contributed by atoms with Crippen LogP contribution in [0.1, 0.15) is 44.6 Å². The number of benzene rings is 1. The number of aliphatic imine (C=N–C) groups is 1. The highest BCUT2D eigenvalue weighted by Crippen LogP contribution is 2.33. The van der Waals surface area contributed by atoms with Gasteiger partial charge in [0.15, 0.2) is 0 Å². The molecule has 0 spiro atoms. The summed E-state index contributed by atoms with van der Waals surface area (Å²) >= 11 is 0. The van der Waals surface area contributed by atoms with Gasteiger partial charge in [0.25, 0.3) is 0 Å². The lowest BCUT2D eigenvalue weighted by Crippen LogP contribution is -2.33. The molecule has 1 aliphatic heterocycles. The molecule has 0 amide bonds. The van der Waals surface area contributed by atoms with Crippen LogP contribution in [-0.2, 0) is 0 Å². The number of anilines is 1. The van der Waals surface area contributed by atoms with Gasteiger partial charge in [0.1, 0.15) is 11.6 Å². The summed E-state index contributed by atoms with van der Waals surface area (Å²) in [5.41, 5.74) is 3.59. The highest BCUT2D eigenvalue weighted by atomic mass is 19.1. The molecule has 1 aromatic carbocycles. The van der Waals surface area contributed by atoms with Gasteiger partial charge in [-0.15, -0.1) is 0 Å². The van der Waals surface area contributed by atoms with Crippen LogP contribution in [0, 0.1) is 11.7 Å². The van der Waals surface area contributed by atoms with Crippen molar-refractivity contribution < 1.29 is 4.39 Å². The molecule has 4 rings (SSSR count). The van der Waals surface area contributed by atoms with Crippen LogP contribution >= 0.6 is 0 Å². The predicted octanol–water partition coefficient (Wildman–Crippen LogP) is 5.63. The van der Waals surface area contributed by atoms with Crippen molar-refractivity contribution in [2.45, 2.75) is 45.1 Å². The maximum absolute atomic E-state index is 14.6. The van der Waals surface area contributed by atoms with Crippen molar-refractivity contribution in [3.05, 3.63) is 54.3 Å². The smallest absolute Gasteiger partial charge is 0.131 e. The summed E-state index contributed by atoms with van der Waals surface area (Å²) in [7, 11) is 4.31. The molecule has 0 atom stereocenters. The van der Waals surface area contributed by atoms with E-state index in [0.29, 0.717) is 23.9 Å². The predicted molar refractivity (Wildman–Crippen MR) is 120 cm³/mol. The molecule has 152 valence electrons. The van der Waals surface area contributed by atoms with Gasteiger partial charge < -0.3 is 10.2 Å². The van der Waals surface area contributed by atoms with Crippen molar-refractivity contribution in [1.29, 1.82) is 0 Å². The van der Waals surface area contributed by atoms with E-state index in [1.807, 2.05) is 19.1 Å². The minimum atomic E-state index is -0.224. The molecule has 0 radical (unpaired) electrons. The second-order valence-electron chi connectivity index (χ2n) is 8.56. The van der Waals surface area contributed by atoms with E-state index < -0.39 is 0 Å². The Hall–Kier alpha value is -2.53. The first-order valence-corrected chi connectivity index (χ1v) is 10.3. The Morgan fingerprint density at radius 1 is 1.14 bits per heavy atom. The summed E-state index contributed by atoms with van der Waals surface area (Å²) in [5.74, 6) is 1.01. The van der Waals surface area contributed by atoms with Gasteiger partial charge in [-0.2, -0.15) is 0 Å². The largest absolute Gasteiger partial charge is 0.344 e. The van der Waals surface area contributed by atoms with Gasteiger partial charge in [0.2, 0.25) is 0 Å². The summed E-state index contributed by atoms with van der Waals surface area (Å²) in [4.78, 5) is 11.1. The van der Waals surface area contributed by atoms with Crippen molar-refractivity contribution in [2.24, 2.45) is 10.9 Å². The van der Waals surface area contributed by atoms with Gasteiger partial charge in [-0.05, 0) is 81.8 Å². The number of allylic oxidation sites excluding steroid dienone is 2. The average Bonchev–Trinajstić information content (AvgIpc) is 3.13. The monoisotopic (exact) mass is 392 g/mol. The summed E-state index contributed by atoms with van der Waals surface area (Å²) in [6.07, 6.45) is 8.88. The zero-order valence-electron chi connectivity index (χ0n) is 17.5. The Bertz CT molecular complexity index is 997. The van der Waals surface area contributed by atoms with Crippen molar-refractivity contribution in [3.8, 4) is 0 Å². The molecule has 4 nitrogen and oxygen atoms in total. The number of hydrogen-bond donors (Lipinski definition) is 1. The van der Waals surface area contributed by atoms with E-state index in [9.17, 15) is 4.39 Å². The van der Waals surface area contributed by atoms with E-state index >= 15 is 0 Å². The van der Waals surface area contributed by atoms with Crippen LogP contribution in [0.5, 0.6) is 0 Å². The van der Waals surface area contributed by atoms with Crippen LogP contribution < -0.4 is 5.32 Å². The fraction of sp³-hybridized carbons (Fsp3) is 0.417. The van der Waals surface area contributed by atoms with Crippen LogP contribution in [0.25, 0.3) is 16.3 Å². The lowest BCUT2D eigenvalue weighted by Gasteiger charge is -2.33. The van der Waals surface area contributed by atoms with E-state index in [-0.39, 0.29) is 5.82 Å². The molecule has 0 saturated heterocycles. The van der Waals surface area contributed by atoms with Crippen LogP contribution in [-0.4, -0.2) is 35.7 Å². The Kier molecular flexibility index (Phi) is 5.50. The van der Waals surface area contributed by atoms with E-state index in [2.05, 4.69) is 40.9 Å². The van der Waals surface area contributed by atoms with Crippen LogP contribution in [0.4, 0.5) is 10.2 Å². The maximum Gasteiger partial charge on any atom is 0.131 e. The number of halogens is 1. The van der Waals surface area contributed by atoms with E-state index in [1.54, 1.807) is 18.5 Å². The highest BCUT2D eigenvalue weighted by molar-refractivity contribution is 5.98. The Balaban J connectivity index is 1.50. The van der Waals surface area contributed by atoms with Gasteiger partial charge in [0.05, 0.1) is 0 Å². The third-order valence-corrected chi connectivity index (χ3v) is 6.25. The topological polar surface area (TPSA) is 40.5 Å². The molecule has 29 heavy (non-hydrogen) atoms. The van der Waals surface area contributed by atoms with Crippen molar-refractivity contribution in [3.63, 3.8) is 0 Å². The first-order valence-electron chi connectivity index (χ1n) is 10.3. The van der Waals surface area contributed by atoms with Crippen LogP contribution in [0.3, 0.4) is 0 Å². The summed E-state index contributed by atoms with van der Waals surface area (Å²) in [5, 5.41) is 5.17. The second-order valence-corrected chi connectivity index (χ2v) is 8.56. The summed E-state index contributed by atoms with van der Waals surface area (Å²) < 4.78 is 14.6. The zero-order valence-corrected chi connectivity index (χ0v) is 17.5. The van der Waals surface area contributed by atoms with Gasteiger partial charge in [-0.3, -0.25) is 4.99 Å². The SMILES string of the molecule is C=C(Nc1cc2cc(C3=CN=C(C)C3)c(F)cc2cn1)C1CCC(N(C)C)CC1. The number of nitrogens with one attached hydrogen (secondary N) is 1. The van der Waals surface area contributed by atoms with Crippen LogP contribution in [0.15, 0.2) is 47.9 Å². The Morgan fingerprint density at radius 3 is 2.55 bits per heavy atom. The third-order valence-electron chi connectivity index (χ3n) is 6.25. The van der Waals surface area contributed by atoms with E-state index in [1.165, 1.54) is 12.8 Å². The molecule has 1 fully saturated rings. The zero-order chi connectivity index (χ0) is 20.5. The number of nitrogens with zero attached hydrogens (tertiary/aromatic N) is 3. The lowest BCUT2D eigenvalue weighted by atomic mass is 9.84. The van der Waals surface area contributed by atoms with Gasteiger partial charge in [-0.1, -0.05) is 6.58 Å². The minimum absolute atomic E-state index is 0.224. The summed E-state index contributed by atoms with van der Waals surface area (Å²) in [6.45, 7) is 6.24. The van der Waals surface area contributed by atoms with E-state index in [0.717, 1.165) is 46.4 Å². The number of fused-ring (bicyclic) bond motifs is 1. The number of pyridine rings is 1. The molecule has 0 unspecified atom stereocenters. The lowest BCUT2D eigenvalue weighted by molar-refractivity contribution is 0.206. The molecular weight excluding hydrogens is 363 g/mol. The number of rotatable bonds is 5. The quantitative estimate of drug-likeness (QED) is 0.717. The molecule has 5 heteroatoms. The fourth-order valence-corrected chi connectivity index (χ4v) is 4.41. The van der Waals surface area contributed by atoms with Gasteiger partial charge in [-0.25, -0.2) is 9.37 Å². The maximum atomic E-state index is 14.6. The molecule has 1 aliphatic carbocycles. The molecule has 1 N–H and O–H groups in total. The molecule has 1 aromatic heterocycles. The third kappa shape index (κ3) is 4.25. The molecule has 0 bridgehead atoms. The van der Waals surface area contributed by atoms with Gasteiger partial charge >= 0.3 is 0 Å². The standard InChI is InChI=1S/C24H29FN4/c1-15-9-20(14-26-15)22-10-18-12-24(27-13-19(18)11-23(22)25)28-16(2)17-5-7-21(8-6-17)29(3)4/h10-14,17,21H,2,5-9H2,1,3-4H3,(H,27,28). The first kappa shape index (κ1) is 19.8. The Labute approximate surface area is 172 Å². The molecule has 1 saturated carbocycles. The van der Waals surface area contributed by atoms with E-state index in [4.69, 9.17) is 0 Å². The van der Waals surface area contributed by atoms with Crippen molar-refractivity contribution in [1.82, 2.24) is 9.88 Å². The fourth-order valence-electron chi connectivity index (χ4n) is 4.41. The first-order chi connectivity index (χ1) is 13.9. The Morgan fingerprint density at radius 2 is 1.90 bits per heavy atom. The van der Waals surface area contributed by atoms with Crippen LogP contribution in [0.2, 0.25) is 0 Å². The average molecular weight is 393 g/mol. The van der Waals surface area contributed by atoms with Gasteiger partial charge in [0, 0.05) is 47.2 Å². The molecule has 2 aliphatic rings. The second kappa shape index (κ2) is 8.07. The number of hydrogen-bond acceptors (Lipinski definition) is 4. The highest BCUT2D eigenvalue weighted by Gasteiger charge is 2.24. The van der Waals surface area contributed by atoms with Crippen molar-refractivity contribution >= 4 is 27.9 Å². The van der Waals surface area contributed by atoms with Crippen molar-refractivity contribution in [2.75, 3.05) is 19.4 Å². The number of aromatic nitrogens is 1. The minimum Gasteiger partial charge on any atom is -0.344 e. The molecule has 2 aromatic rings.